The standard InChI is InChI=1S/C10H18N4OS/c1-11-5-9-12-13-10(14(9)2)16-6-8(15)7-3-4-7/h7-8,11,15H,3-6H2,1-2H3/t8-/m1/s1. The fourth-order valence-electron chi connectivity index (χ4n) is 1.56. The van der Waals surface area contributed by atoms with Gasteiger partial charge in [0.05, 0.1) is 12.6 Å². The molecule has 0 saturated heterocycles. The van der Waals surface area contributed by atoms with Crippen LogP contribution in [0.4, 0.5) is 0 Å². The highest BCUT2D eigenvalue weighted by Crippen LogP contribution is 2.34. The summed E-state index contributed by atoms with van der Waals surface area (Å²) < 4.78 is 1.97. The fraction of sp³-hybridized carbons (Fsp3) is 0.800. The third-order valence-electron chi connectivity index (χ3n) is 2.81. The number of nitrogens with one attached hydrogen (secondary N) is 1. The van der Waals surface area contributed by atoms with Crippen molar-refractivity contribution in [3.63, 3.8) is 0 Å². The Hall–Kier alpha value is -0.590. The van der Waals surface area contributed by atoms with E-state index >= 15 is 0 Å². The van der Waals surface area contributed by atoms with Crippen LogP contribution in [0.25, 0.3) is 0 Å². The maximum absolute atomic E-state index is 9.76. The summed E-state index contributed by atoms with van der Waals surface area (Å²) in [5.41, 5.74) is 0. The molecule has 1 aromatic rings. The number of aliphatic hydroxyl groups excluding tert-OH is 1. The molecule has 90 valence electrons. The lowest BCUT2D eigenvalue weighted by Crippen LogP contribution is -2.13. The minimum Gasteiger partial charge on any atom is -0.392 e. The van der Waals surface area contributed by atoms with Crippen molar-refractivity contribution in [3.8, 4) is 0 Å². The summed E-state index contributed by atoms with van der Waals surface area (Å²) in [7, 11) is 3.84. The molecule has 1 aliphatic rings. The molecule has 5 nitrogen and oxygen atoms in total. The number of nitrogens with zero attached hydrogens (tertiary/aromatic N) is 3. The highest BCUT2D eigenvalue weighted by Gasteiger charge is 2.29. The van der Waals surface area contributed by atoms with Gasteiger partial charge < -0.3 is 15.0 Å². The van der Waals surface area contributed by atoms with Crippen LogP contribution in [0.5, 0.6) is 0 Å². The molecule has 0 unspecified atom stereocenters. The van der Waals surface area contributed by atoms with Crippen LogP contribution in [0.1, 0.15) is 18.7 Å². The normalized spacial score (nSPS) is 17.7. The molecule has 1 fully saturated rings. The molecule has 1 aliphatic carbocycles. The fourth-order valence-corrected chi connectivity index (χ4v) is 2.55. The maximum atomic E-state index is 9.76. The van der Waals surface area contributed by atoms with Crippen molar-refractivity contribution in [2.24, 2.45) is 13.0 Å². The van der Waals surface area contributed by atoms with Crippen molar-refractivity contribution in [3.05, 3.63) is 5.82 Å². The van der Waals surface area contributed by atoms with Crippen molar-refractivity contribution in [2.75, 3.05) is 12.8 Å². The predicted molar refractivity (Wildman–Crippen MR) is 63.2 cm³/mol. The Morgan fingerprint density at radius 2 is 2.31 bits per heavy atom. The number of rotatable bonds is 6. The molecular weight excluding hydrogens is 224 g/mol. The Morgan fingerprint density at radius 1 is 1.56 bits per heavy atom. The molecule has 2 N–H and O–H groups in total. The highest BCUT2D eigenvalue weighted by molar-refractivity contribution is 7.99. The van der Waals surface area contributed by atoms with Crippen LogP contribution in [0.3, 0.4) is 0 Å². The summed E-state index contributed by atoms with van der Waals surface area (Å²) in [5.74, 6) is 2.17. The lowest BCUT2D eigenvalue weighted by Gasteiger charge is -2.08. The van der Waals surface area contributed by atoms with Crippen LogP contribution in [0, 0.1) is 5.92 Å². The van der Waals surface area contributed by atoms with E-state index in [0.717, 1.165) is 23.3 Å². The average Bonchev–Trinajstić information content (AvgIpc) is 3.05. The Bertz CT molecular complexity index is 351. The Balaban J connectivity index is 1.88. The summed E-state index contributed by atoms with van der Waals surface area (Å²) in [6, 6.07) is 0. The minimum atomic E-state index is -0.186. The van der Waals surface area contributed by atoms with E-state index in [-0.39, 0.29) is 6.10 Å². The lowest BCUT2D eigenvalue weighted by molar-refractivity contribution is 0.176. The average molecular weight is 242 g/mol. The molecule has 0 aromatic carbocycles. The second kappa shape index (κ2) is 5.16. The van der Waals surface area contributed by atoms with Crippen molar-refractivity contribution in [2.45, 2.75) is 30.6 Å². The number of hydrogen-bond donors (Lipinski definition) is 2. The quantitative estimate of drug-likeness (QED) is 0.707. The zero-order valence-corrected chi connectivity index (χ0v) is 10.5. The molecule has 0 aliphatic heterocycles. The van der Waals surface area contributed by atoms with E-state index in [1.54, 1.807) is 11.8 Å². The Kier molecular flexibility index (Phi) is 3.83. The van der Waals surface area contributed by atoms with Crippen LogP contribution < -0.4 is 5.32 Å². The summed E-state index contributed by atoms with van der Waals surface area (Å²) in [6.45, 7) is 0.717. The zero-order chi connectivity index (χ0) is 11.5. The smallest absolute Gasteiger partial charge is 0.191 e. The van der Waals surface area contributed by atoms with Gasteiger partial charge in [-0.05, 0) is 25.8 Å². The van der Waals surface area contributed by atoms with E-state index in [2.05, 4.69) is 15.5 Å². The number of aromatic nitrogens is 3. The molecule has 0 bridgehead atoms. The van der Waals surface area contributed by atoms with Gasteiger partial charge in [0.2, 0.25) is 0 Å². The maximum Gasteiger partial charge on any atom is 0.191 e. The monoisotopic (exact) mass is 242 g/mol. The summed E-state index contributed by atoms with van der Waals surface area (Å²) in [6.07, 6.45) is 2.16. The van der Waals surface area contributed by atoms with Crippen LogP contribution in [-0.2, 0) is 13.6 Å². The molecule has 16 heavy (non-hydrogen) atoms. The van der Waals surface area contributed by atoms with Crippen LogP contribution >= 0.6 is 11.8 Å². The van der Waals surface area contributed by atoms with Gasteiger partial charge in [0.15, 0.2) is 5.16 Å². The van der Waals surface area contributed by atoms with Gasteiger partial charge >= 0.3 is 0 Å². The van der Waals surface area contributed by atoms with Crippen molar-refractivity contribution >= 4 is 11.8 Å². The number of aliphatic hydroxyl groups is 1. The van der Waals surface area contributed by atoms with Gasteiger partial charge in [-0.2, -0.15) is 0 Å². The van der Waals surface area contributed by atoms with E-state index in [9.17, 15) is 5.11 Å². The van der Waals surface area contributed by atoms with Crippen LogP contribution in [-0.4, -0.2) is 38.8 Å². The molecule has 0 spiro atoms. The first-order valence-electron chi connectivity index (χ1n) is 5.56. The summed E-state index contributed by atoms with van der Waals surface area (Å²) in [5, 5.41) is 21.9. The van der Waals surface area contributed by atoms with Gasteiger partial charge in [0, 0.05) is 12.8 Å². The Morgan fingerprint density at radius 3 is 2.94 bits per heavy atom. The molecule has 1 heterocycles. The van der Waals surface area contributed by atoms with Gasteiger partial charge in [0.1, 0.15) is 5.82 Å². The van der Waals surface area contributed by atoms with Crippen LogP contribution in [0.15, 0.2) is 5.16 Å². The van der Waals surface area contributed by atoms with Crippen LogP contribution in [0.2, 0.25) is 0 Å². The summed E-state index contributed by atoms with van der Waals surface area (Å²) in [4.78, 5) is 0. The van der Waals surface area contributed by atoms with Gasteiger partial charge in [-0.3, -0.25) is 0 Å². The lowest BCUT2D eigenvalue weighted by atomic mass is 10.3. The third kappa shape index (κ3) is 2.75. The van der Waals surface area contributed by atoms with Crippen molar-refractivity contribution in [1.82, 2.24) is 20.1 Å². The predicted octanol–water partition coefficient (Wildman–Crippen LogP) is 0.397. The Labute approximate surface area is 99.6 Å². The second-order valence-corrected chi connectivity index (χ2v) is 5.19. The molecule has 1 aromatic heterocycles. The van der Waals surface area contributed by atoms with Gasteiger partial charge in [-0.15, -0.1) is 10.2 Å². The van der Waals surface area contributed by atoms with E-state index in [1.807, 2.05) is 18.7 Å². The molecule has 0 radical (unpaired) electrons. The van der Waals surface area contributed by atoms with E-state index in [1.165, 1.54) is 12.8 Å². The molecular formula is C10H18N4OS. The largest absolute Gasteiger partial charge is 0.392 e. The highest BCUT2D eigenvalue weighted by atomic mass is 32.2. The van der Waals surface area contributed by atoms with Crippen molar-refractivity contribution in [1.29, 1.82) is 0 Å². The topological polar surface area (TPSA) is 63.0 Å². The second-order valence-electron chi connectivity index (χ2n) is 4.20. The molecule has 6 heteroatoms. The van der Waals surface area contributed by atoms with E-state index in [0.29, 0.717) is 5.92 Å². The molecule has 1 atom stereocenters. The first kappa shape index (κ1) is 11.9. The first-order valence-corrected chi connectivity index (χ1v) is 6.54. The van der Waals surface area contributed by atoms with Gasteiger partial charge in [0.25, 0.3) is 0 Å². The molecule has 0 amide bonds. The minimum absolute atomic E-state index is 0.186. The third-order valence-corrected chi connectivity index (χ3v) is 3.93. The van der Waals surface area contributed by atoms with Crippen molar-refractivity contribution < 1.29 is 5.11 Å². The number of thioether (sulfide) groups is 1. The molecule has 2 rings (SSSR count). The summed E-state index contributed by atoms with van der Waals surface area (Å²) >= 11 is 1.58. The zero-order valence-electron chi connectivity index (χ0n) is 9.68. The van der Waals surface area contributed by atoms with E-state index < -0.39 is 0 Å². The number of hydrogen-bond acceptors (Lipinski definition) is 5. The van der Waals surface area contributed by atoms with E-state index in [4.69, 9.17) is 0 Å². The SMILES string of the molecule is CNCc1nnc(SC[C@@H](O)C2CC2)n1C. The first-order chi connectivity index (χ1) is 7.72. The molecule has 1 saturated carbocycles. The van der Waals surface area contributed by atoms with Gasteiger partial charge in [-0.1, -0.05) is 11.8 Å². The van der Waals surface area contributed by atoms with Gasteiger partial charge in [-0.25, -0.2) is 0 Å².